The van der Waals surface area contributed by atoms with Gasteiger partial charge >= 0.3 is 5.97 Å². The molecule has 1 aliphatic rings. The second-order valence-corrected chi connectivity index (χ2v) is 9.46. The molecule has 35 heavy (non-hydrogen) atoms. The largest absolute Gasteiger partial charge is 0.491 e. The molecule has 2 N–H and O–H groups in total. The smallest absolute Gasteiger partial charge is 0.305 e. The third kappa shape index (κ3) is 13.9. The Balaban J connectivity index is 1.66. The number of ether oxygens (including phenoxy) is 4. The summed E-state index contributed by atoms with van der Waals surface area (Å²) in [6.45, 7) is 4.52. The summed E-state index contributed by atoms with van der Waals surface area (Å²) in [4.78, 5) is 11.2. The fourth-order valence-electron chi connectivity index (χ4n) is 4.20. The van der Waals surface area contributed by atoms with Gasteiger partial charge in [0.25, 0.3) is 0 Å². The molecule has 0 radical (unpaired) electrons. The van der Waals surface area contributed by atoms with Crippen LogP contribution in [0.5, 0.6) is 5.75 Å². The van der Waals surface area contributed by atoms with E-state index in [2.05, 4.69) is 24.4 Å². The molecule has 0 aromatic heterocycles. The summed E-state index contributed by atoms with van der Waals surface area (Å²) in [6.07, 6.45) is 10.9. The molecule has 200 valence electrons. The first kappa shape index (κ1) is 29.6. The van der Waals surface area contributed by atoms with Crippen LogP contribution in [0.25, 0.3) is 0 Å². The molecule has 0 bridgehead atoms. The van der Waals surface area contributed by atoms with Crippen LogP contribution < -0.4 is 10.1 Å². The van der Waals surface area contributed by atoms with E-state index in [-0.39, 0.29) is 24.9 Å². The zero-order valence-corrected chi connectivity index (χ0v) is 21.8. The number of nitrogens with one attached hydrogen (secondary N) is 1. The Labute approximate surface area is 211 Å². The van der Waals surface area contributed by atoms with Gasteiger partial charge < -0.3 is 29.4 Å². The molecule has 0 spiro atoms. The summed E-state index contributed by atoms with van der Waals surface area (Å²) in [5.74, 6) is 0.657. The maximum atomic E-state index is 11.2. The summed E-state index contributed by atoms with van der Waals surface area (Å²) < 4.78 is 22.2. The van der Waals surface area contributed by atoms with E-state index in [4.69, 9.17) is 18.9 Å². The van der Waals surface area contributed by atoms with E-state index in [0.29, 0.717) is 26.0 Å². The first-order valence-electron chi connectivity index (χ1n) is 13.5. The van der Waals surface area contributed by atoms with Crippen molar-refractivity contribution in [3.05, 3.63) is 29.8 Å². The lowest BCUT2D eigenvalue weighted by atomic mass is 10.1. The molecule has 3 atom stereocenters. The number of aliphatic hydroxyl groups excluding tert-OH is 1. The predicted octanol–water partition coefficient (Wildman–Crippen LogP) is 4.78. The Bertz CT molecular complexity index is 662. The predicted molar refractivity (Wildman–Crippen MR) is 138 cm³/mol. The minimum Gasteiger partial charge on any atom is -0.491 e. The topological polar surface area (TPSA) is 86.3 Å². The number of methoxy groups -OCH3 is 1. The number of rotatable bonds is 19. The number of aryl methyl sites for hydroxylation is 1. The van der Waals surface area contributed by atoms with E-state index in [1.807, 2.05) is 12.1 Å². The average molecular weight is 494 g/mol. The number of aliphatic hydroxyl groups is 1. The molecule has 2 rings (SSSR count). The molecule has 1 saturated heterocycles. The second kappa shape index (κ2) is 18.6. The van der Waals surface area contributed by atoms with Crippen molar-refractivity contribution in [2.45, 2.75) is 102 Å². The molecule has 1 aromatic carbocycles. The van der Waals surface area contributed by atoms with Crippen LogP contribution in [0.3, 0.4) is 0 Å². The quantitative estimate of drug-likeness (QED) is 0.212. The van der Waals surface area contributed by atoms with Gasteiger partial charge in [-0.3, -0.25) is 4.79 Å². The molecular formula is C28H47NO6. The summed E-state index contributed by atoms with van der Waals surface area (Å²) >= 11 is 0. The van der Waals surface area contributed by atoms with E-state index >= 15 is 0 Å². The Morgan fingerprint density at radius 1 is 1.11 bits per heavy atom. The number of benzene rings is 1. The Hall–Kier alpha value is -1.67. The third-order valence-electron chi connectivity index (χ3n) is 6.35. The lowest BCUT2D eigenvalue weighted by molar-refractivity contribution is -0.166. The van der Waals surface area contributed by atoms with Gasteiger partial charge in [0.15, 0.2) is 6.29 Å². The van der Waals surface area contributed by atoms with Crippen LogP contribution in [-0.2, 0) is 25.4 Å². The van der Waals surface area contributed by atoms with Crippen LogP contribution in [-0.4, -0.2) is 63.0 Å². The Morgan fingerprint density at radius 3 is 2.63 bits per heavy atom. The zero-order chi connectivity index (χ0) is 25.1. The summed E-state index contributed by atoms with van der Waals surface area (Å²) in [6, 6.07) is 8.33. The fourth-order valence-corrected chi connectivity index (χ4v) is 4.20. The van der Waals surface area contributed by atoms with Crippen molar-refractivity contribution < 1.29 is 28.8 Å². The van der Waals surface area contributed by atoms with Gasteiger partial charge in [-0.2, -0.15) is 0 Å². The molecule has 1 aliphatic heterocycles. The van der Waals surface area contributed by atoms with E-state index in [9.17, 15) is 9.90 Å². The van der Waals surface area contributed by atoms with Crippen molar-refractivity contribution in [2.75, 3.05) is 33.5 Å². The van der Waals surface area contributed by atoms with Gasteiger partial charge in [-0.25, -0.2) is 0 Å². The average Bonchev–Trinajstić information content (AvgIpc) is 2.89. The van der Waals surface area contributed by atoms with E-state index in [1.54, 1.807) is 0 Å². The highest BCUT2D eigenvalue weighted by Crippen LogP contribution is 2.16. The lowest BCUT2D eigenvalue weighted by Gasteiger charge is -2.26. The van der Waals surface area contributed by atoms with Crippen LogP contribution in [0.2, 0.25) is 0 Å². The number of carbonyl (C=O) groups excluding carboxylic acids is 1. The van der Waals surface area contributed by atoms with Crippen molar-refractivity contribution in [3.8, 4) is 5.75 Å². The van der Waals surface area contributed by atoms with E-state index in [1.165, 1.54) is 12.7 Å². The molecule has 7 heteroatoms. The maximum Gasteiger partial charge on any atom is 0.305 e. The summed E-state index contributed by atoms with van der Waals surface area (Å²) in [5, 5.41) is 13.9. The van der Waals surface area contributed by atoms with Gasteiger partial charge in [0.2, 0.25) is 0 Å². The minimum atomic E-state index is -0.528. The first-order valence-corrected chi connectivity index (χ1v) is 13.5. The number of carbonyl (C=O) groups is 1. The lowest BCUT2D eigenvalue weighted by Crippen LogP contribution is -2.38. The molecule has 7 nitrogen and oxygen atoms in total. The van der Waals surface area contributed by atoms with Gasteiger partial charge in [-0.15, -0.1) is 0 Å². The number of unbranched alkanes of at least 4 members (excludes halogenated alkanes) is 3. The second-order valence-electron chi connectivity index (χ2n) is 9.46. The standard InChI is InChI=1S/C28H47NO6/c1-3-10-23-14-16-26(17-15-23)34-22-25(30)18-19-29-24(21-35-28-13-8-9-20-33-28)11-6-4-5-7-12-27(31)32-2/h14-17,24-25,28-30H,3-13,18-22H2,1-2H3. The third-order valence-corrected chi connectivity index (χ3v) is 6.35. The minimum absolute atomic E-state index is 0.101. The van der Waals surface area contributed by atoms with Crippen molar-refractivity contribution in [1.29, 1.82) is 0 Å². The molecule has 1 fully saturated rings. The van der Waals surface area contributed by atoms with Crippen molar-refractivity contribution in [1.82, 2.24) is 5.32 Å². The Kier molecular flexibility index (Phi) is 15.7. The SMILES string of the molecule is CCCc1ccc(OCC(O)CCNC(CCCCCCC(=O)OC)COC2CCCCO2)cc1. The van der Waals surface area contributed by atoms with Crippen molar-refractivity contribution >= 4 is 5.97 Å². The van der Waals surface area contributed by atoms with Gasteiger partial charge in [-0.05, 0) is 69.2 Å². The monoisotopic (exact) mass is 493 g/mol. The van der Waals surface area contributed by atoms with Crippen LogP contribution in [0.4, 0.5) is 0 Å². The van der Waals surface area contributed by atoms with Crippen molar-refractivity contribution in [2.24, 2.45) is 0 Å². The molecule has 0 aliphatic carbocycles. The highest BCUT2D eigenvalue weighted by molar-refractivity contribution is 5.68. The number of hydrogen-bond acceptors (Lipinski definition) is 7. The summed E-state index contributed by atoms with van der Waals surface area (Å²) in [5.41, 5.74) is 1.31. The van der Waals surface area contributed by atoms with Gasteiger partial charge in [0.1, 0.15) is 12.4 Å². The maximum absolute atomic E-state index is 11.2. The molecule has 1 aromatic rings. The molecule has 0 saturated carbocycles. The molecular weight excluding hydrogens is 446 g/mol. The first-order chi connectivity index (χ1) is 17.1. The van der Waals surface area contributed by atoms with Gasteiger partial charge in [0, 0.05) is 19.1 Å². The molecule has 3 unspecified atom stereocenters. The molecule has 0 amide bonds. The van der Waals surface area contributed by atoms with E-state index in [0.717, 1.165) is 76.6 Å². The number of esters is 1. The van der Waals surface area contributed by atoms with Crippen LogP contribution in [0.1, 0.15) is 83.1 Å². The van der Waals surface area contributed by atoms with E-state index < -0.39 is 6.10 Å². The van der Waals surface area contributed by atoms with Gasteiger partial charge in [0.05, 0.1) is 19.8 Å². The van der Waals surface area contributed by atoms with Crippen LogP contribution in [0, 0.1) is 0 Å². The normalized spacial score (nSPS) is 17.6. The van der Waals surface area contributed by atoms with Gasteiger partial charge in [-0.1, -0.05) is 44.7 Å². The Morgan fingerprint density at radius 2 is 1.91 bits per heavy atom. The zero-order valence-electron chi connectivity index (χ0n) is 21.8. The number of hydrogen-bond donors (Lipinski definition) is 2. The van der Waals surface area contributed by atoms with Crippen LogP contribution >= 0.6 is 0 Å². The summed E-state index contributed by atoms with van der Waals surface area (Å²) in [7, 11) is 1.43. The molecule has 1 heterocycles. The van der Waals surface area contributed by atoms with Crippen LogP contribution in [0.15, 0.2) is 24.3 Å². The highest BCUT2D eigenvalue weighted by Gasteiger charge is 2.17. The fraction of sp³-hybridized carbons (Fsp3) is 0.750. The highest BCUT2D eigenvalue weighted by atomic mass is 16.7. The van der Waals surface area contributed by atoms with Crippen molar-refractivity contribution in [3.63, 3.8) is 0 Å².